The third-order valence-electron chi connectivity index (χ3n) is 11.6. The van der Waals surface area contributed by atoms with Crippen LogP contribution >= 0.6 is 0 Å². The predicted octanol–water partition coefficient (Wildman–Crippen LogP) is 7.73. The summed E-state index contributed by atoms with van der Waals surface area (Å²) in [6.07, 6.45) is 16.1. The second-order valence-corrected chi connectivity index (χ2v) is 13.3. The Morgan fingerprint density at radius 1 is 0.862 bits per heavy atom. The topological polar surface area (TPSA) is 12.5 Å². The molecule has 166 valence electrons. The second kappa shape index (κ2) is 7.25. The maximum absolute atomic E-state index is 6.14. The summed E-state index contributed by atoms with van der Waals surface area (Å²) in [6, 6.07) is 0. The minimum absolute atomic E-state index is 0.572. The quantitative estimate of drug-likeness (QED) is 0.430. The van der Waals surface area contributed by atoms with E-state index in [2.05, 4.69) is 41.5 Å². The molecule has 0 spiro atoms. The van der Waals surface area contributed by atoms with Crippen molar-refractivity contribution in [1.29, 1.82) is 0 Å². The Hall–Kier alpha value is -0.0400. The minimum Gasteiger partial charge on any atom is -0.369 e. The van der Waals surface area contributed by atoms with Gasteiger partial charge in [-0.25, -0.2) is 0 Å². The average Bonchev–Trinajstić information content (AvgIpc) is 3.32. The van der Waals surface area contributed by atoms with E-state index in [4.69, 9.17) is 4.74 Å². The Labute approximate surface area is 181 Å². The van der Waals surface area contributed by atoms with Crippen molar-refractivity contribution >= 4 is 0 Å². The molecule has 29 heavy (non-hydrogen) atoms. The lowest BCUT2D eigenvalue weighted by Crippen LogP contribution is -2.55. The highest BCUT2D eigenvalue weighted by Crippen LogP contribution is 2.70. The van der Waals surface area contributed by atoms with Gasteiger partial charge in [-0.3, -0.25) is 0 Å². The van der Waals surface area contributed by atoms with E-state index in [0.29, 0.717) is 23.0 Å². The zero-order valence-electron chi connectivity index (χ0n) is 20.3. The van der Waals surface area contributed by atoms with Crippen LogP contribution in [0, 0.1) is 58.2 Å². The van der Waals surface area contributed by atoms with E-state index < -0.39 is 0 Å². The van der Waals surface area contributed by atoms with Gasteiger partial charge in [0, 0.05) is 0 Å². The molecule has 0 amide bonds. The van der Waals surface area contributed by atoms with Gasteiger partial charge in [0.05, 0.1) is 12.2 Å². The highest BCUT2D eigenvalue weighted by molar-refractivity contribution is 5.14. The number of hydrogen-bond acceptors (Lipinski definition) is 1. The SMILES string of the molecule is CC(C)CCC[C@@H](C)[C@H]1CC[C@H]2[C@@H]3CC[C@H]4[C@@H](C)[C@@H]5O[C@@H]5C[C@]4(C)[C@H]3CC[C@]12C. The molecule has 0 aromatic carbocycles. The van der Waals surface area contributed by atoms with Gasteiger partial charge in [0.2, 0.25) is 0 Å². The van der Waals surface area contributed by atoms with Gasteiger partial charge < -0.3 is 4.74 Å². The molecule has 4 aliphatic carbocycles. The zero-order chi connectivity index (χ0) is 20.6. The molecule has 0 N–H and O–H groups in total. The number of epoxide rings is 1. The van der Waals surface area contributed by atoms with Crippen molar-refractivity contribution in [2.75, 3.05) is 0 Å². The van der Waals surface area contributed by atoms with Crippen molar-refractivity contribution in [3.8, 4) is 0 Å². The Kier molecular flexibility index (Phi) is 5.21. The smallest absolute Gasteiger partial charge is 0.0870 e. The molecule has 1 aliphatic heterocycles. The molecule has 0 radical (unpaired) electrons. The fourth-order valence-electron chi connectivity index (χ4n) is 10.1. The zero-order valence-corrected chi connectivity index (χ0v) is 20.3. The number of hydrogen-bond donors (Lipinski definition) is 0. The van der Waals surface area contributed by atoms with Crippen molar-refractivity contribution < 1.29 is 4.74 Å². The van der Waals surface area contributed by atoms with Gasteiger partial charge in [-0.05, 0) is 103 Å². The Bertz CT molecular complexity index is 611. The van der Waals surface area contributed by atoms with Crippen LogP contribution in [0.25, 0.3) is 0 Å². The molecule has 0 aromatic heterocycles. The summed E-state index contributed by atoms with van der Waals surface area (Å²) in [6.45, 7) is 15.3. The first-order valence-corrected chi connectivity index (χ1v) is 13.4. The van der Waals surface area contributed by atoms with Crippen LogP contribution in [0.3, 0.4) is 0 Å². The molecule has 1 nitrogen and oxygen atoms in total. The lowest BCUT2D eigenvalue weighted by atomic mass is 9.43. The normalized spacial score (nSPS) is 54.3. The molecule has 5 aliphatic rings. The van der Waals surface area contributed by atoms with Crippen molar-refractivity contribution in [2.45, 2.75) is 118 Å². The minimum atomic E-state index is 0.572. The van der Waals surface area contributed by atoms with Crippen LogP contribution in [0.15, 0.2) is 0 Å². The lowest BCUT2D eigenvalue weighted by molar-refractivity contribution is -0.121. The largest absolute Gasteiger partial charge is 0.369 e. The van der Waals surface area contributed by atoms with Gasteiger partial charge in [-0.1, -0.05) is 60.8 Å². The summed E-state index contributed by atoms with van der Waals surface area (Å²) < 4.78 is 6.14. The molecule has 1 heterocycles. The first-order chi connectivity index (χ1) is 13.8. The summed E-state index contributed by atoms with van der Waals surface area (Å²) in [5.74, 6) is 7.56. The third-order valence-corrected chi connectivity index (χ3v) is 11.6. The third kappa shape index (κ3) is 3.18. The summed E-state index contributed by atoms with van der Waals surface area (Å²) in [4.78, 5) is 0. The van der Waals surface area contributed by atoms with Crippen LogP contribution in [-0.2, 0) is 4.74 Å². The van der Waals surface area contributed by atoms with Crippen molar-refractivity contribution in [3.05, 3.63) is 0 Å². The molecular weight excluding hydrogens is 352 g/mol. The standard InChI is InChI=1S/C28H48O/c1-17(2)8-7-9-18(3)21-12-13-23-20-10-11-22-19(4)26-25(29-26)16-28(22,6)24(20)14-15-27(21,23)5/h17-26H,7-16H2,1-6H3/t18-,19-,20+,21-,22+,23+,24+,25-,26+,27-,28+/m1/s1. The molecule has 5 rings (SSSR count). The summed E-state index contributed by atoms with van der Waals surface area (Å²) in [5, 5.41) is 0. The highest BCUT2D eigenvalue weighted by Gasteiger charge is 2.65. The van der Waals surface area contributed by atoms with Gasteiger partial charge in [-0.2, -0.15) is 0 Å². The van der Waals surface area contributed by atoms with Gasteiger partial charge >= 0.3 is 0 Å². The molecule has 0 unspecified atom stereocenters. The van der Waals surface area contributed by atoms with Gasteiger partial charge in [0.1, 0.15) is 0 Å². The van der Waals surface area contributed by atoms with E-state index in [-0.39, 0.29) is 0 Å². The van der Waals surface area contributed by atoms with E-state index in [0.717, 1.165) is 47.3 Å². The van der Waals surface area contributed by atoms with Crippen LogP contribution in [0.5, 0.6) is 0 Å². The predicted molar refractivity (Wildman–Crippen MR) is 122 cm³/mol. The summed E-state index contributed by atoms with van der Waals surface area (Å²) in [7, 11) is 0. The van der Waals surface area contributed by atoms with Crippen LogP contribution in [0.2, 0.25) is 0 Å². The van der Waals surface area contributed by atoms with E-state index in [1.54, 1.807) is 0 Å². The summed E-state index contributed by atoms with van der Waals surface area (Å²) >= 11 is 0. The first-order valence-electron chi connectivity index (χ1n) is 13.4. The second-order valence-electron chi connectivity index (χ2n) is 13.3. The van der Waals surface area contributed by atoms with Crippen LogP contribution in [0.4, 0.5) is 0 Å². The van der Waals surface area contributed by atoms with Crippen molar-refractivity contribution in [2.24, 2.45) is 58.2 Å². The number of fused-ring (bicyclic) bond motifs is 6. The molecule has 1 saturated heterocycles. The van der Waals surface area contributed by atoms with E-state index in [1.807, 2.05) is 0 Å². The highest BCUT2D eigenvalue weighted by atomic mass is 16.6. The van der Waals surface area contributed by atoms with Crippen molar-refractivity contribution in [3.63, 3.8) is 0 Å². The maximum Gasteiger partial charge on any atom is 0.0870 e. The molecule has 0 bridgehead atoms. The van der Waals surface area contributed by atoms with Crippen LogP contribution < -0.4 is 0 Å². The number of rotatable bonds is 5. The van der Waals surface area contributed by atoms with Gasteiger partial charge in [0.25, 0.3) is 0 Å². The van der Waals surface area contributed by atoms with E-state index in [1.165, 1.54) is 64.2 Å². The monoisotopic (exact) mass is 400 g/mol. The number of ether oxygens (including phenoxy) is 1. The Balaban J connectivity index is 1.31. The van der Waals surface area contributed by atoms with E-state index >= 15 is 0 Å². The van der Waals surface area contributed by atoms with Crippen LogP contribution in [0.1, 0.15) is 106 Å². The molecule has 5 fully saturated rings. The van der Waals surface area contributed by atoms with Crippen molar-refractivity contribution in [1.82, 2.24) is 0 Å². The fraction of sp³-hybridized carbons (Fsp3) is 1.00. The molecule has 11 atom stereocenters. The van der Waals surface area contributed by atoms with Gasteiger partial charge in [-0.15, -0.1) is 0 Å². The molecule has 0 aromatic rings. The lowest BCUT2D eigenvalue weighted by Gasteiger charge is -2.61. The average molecular weight is 401 g/mol. The van der Waals surface area contributed by atoms with Crippen LogP contribution in [-0.4, -0.2) is 12.2 Å². The first kappa shape index (κ1) is 20.8. The fourth-order valence-corrected chi connectivity index (χ4v) is 10.1. The van der Waals surface area contributed by atoms with Gasteiger partial charge in [0.15, 0.2) is 0 Å². The summed E-state index contributed by atoms with van der Waals surface area (Å²) in [5.41, 5.74) is 1.21. The van der Waals surface area contributed by atoms with E-state index in [9.17, 15) is 0 Å². The Morgan fingerprint density at radius 3 is 2.34 bits per heavy atom. The maximum atomic E-state index is 6.14. The molecule has 4 saturated carbocycles. The molecular formula is C28H48O. The molecule has 1 heteroatoms. The Morgan fingerprint density at radius 2 is 1.59 bits per heavy atom.